The van der Waals surface area contributed by atoms with Crippen molar-refractivity contribution in [3.63, 3.8) is 0 Å². The molecule has 208 valence electrons. The predicted molar refractivity (Wildman–Crippen MR) is 143 cm³/mol. The lowest BCUT2D eigenvalue weighted by atomic mass is 9.72. The molecule has 3 aliphatic rings. The second-order valence-corrected chi connectivity index (χ2v) is 11.5. The molecule has 1 aliphatic heterocycles. The van der Waals surface area contributed by atoms with E-state index in [1.807, 2.05) is 19.9 Å². The zero-order chi connectivity index (χ0) is 27.9. The summed E-state index contributed by atoms with van der Waals surface area (Å²) in [5, 5.41) is 2.89. The van der Waals surface area contributed by atoms with Gasteiger partial charge in [0.05, 0.1) is 19.4 Å². The molecule has 2 aromatic rings. The number of carbonyl (C=O) groups excluding carboxylic acids is 3. The van der Waals surface area contributed by atoms with Gasteiger partial charge in [0, 0.05) is 42.6 Å². The number of esters is 1. The number of amides is 2. The maximum atomic E-state index is 15.1. The standard InChI is InChI=1S/C30H36FN3O5/c1-5-39-25(35)14-17-12-19(13-17)29(37)34-11-9-23-21(6-7-24(33-23)38-4)27(34)28(36)32-20-15-18-8-10-30(2,3)26(18)22(31)16-20/h6-7,15-17,19,27H,5,8-14H2,1-4H3,(H,32,36). The molecule has 5 rings (SSSR count). The van der Waals surface area contributed by atoms with Crippen molar-refractivity contribution in [1.82, 2.24) is 9.88 Å². The van der Waals surface area contributed by atoms with E-state index in [0.717, 1.165) is 18.4 Å². The number of nitrogens with one attached hydrogen (secondary N) is 1. The summed E-state index contributed by atoms with van der Waals surface area (Å²) < 4.78 is 25.4. The summed E-state index contributed by atoms with van der Waals surface area (Å²) in [5.41, 5.74) is 3.09. The first-order valence-electron chi connectivity index (χ1n) is 13.7. The Labute approximate surface area is 228 Å². The maximum absolute atomic E-state index is 15.1. The van der Waals surface area contributed by atoms with Crippen LogP contribution in [0.4, 0.5) is 10.1 Å². The normalized spacial score (nSPS) is 22.8. The predicted octanol–water partition coefficient (Wildman–Crippen LogP) is 4.50. The van der Waals surface area contributed by atoms with Crippen molar-refractivity contribution >= 4 is 23.5 Å². The number of pyridine rings is 1. The van der Waals surface area contributed by atoms with Gasteiger partial charge in [-0.15, -0.1) is 0 Å². The third kappa shape index (κ3) is 5.23. The van der Waals surface area contributed by atoms with Gasteiger partial charge in [-0.2, -0.15) is 0 Å². The van der Waals surface area contributed by atoms with Crippen LogP contribution in [0.3, 0.4) is 0 Å². The van der Waals surface area contributed by atoms with Gasteiger partial charge in [0.2, 0.25) is 11.8 Å². The van der Waals surface area contributed by atoms with Crippen molar-refractivity contribution in [3.8, 4) is 5.88 Å². The number of fused-ring (bicyclic) bond motifs is 2. The highest BCUT2D eigenvalue weighted by Gasteiger charge is 2.44. The van der Waals surface area contributed by atoms with Crippen molar-refractivity contribution < 1.29 is 28.2 Å². The van der Waals surface area contributed by atoms with Crippen LogP contribution in [-0.2, 0) is 37.4 Å². The van der Waals surface area contributed by atoms with Crippen LogP contribution in [0.25, 0.3) is 0 Å². The van der Waals surface area contributed by atoms with Crippen molar-refractivity contribution in [2.45, 2.75) is 70.8 Å². The average Bonchev–Trinajstić information content (AvgIpc) is 3.19. The molecule has 0 bridgehead atoms. The quantitative estimate of drug-likeness (QED) is 0.523. The minimum atomic E-state index is -0.906. The molecule has 1 aromatic heterocycles. The highest BCUT2D eigenvalue weighted by molar-refractivity contribution is 5.99. The molecular formula is C30H36FN3O5. The minimum Gasteiger partial charge on any atom is -0.481 e. The summed E-state index contributed by atoms with van der Waals surface area (Å²) in [6.45, 7) is 6.49. The zero-order valence-corrected chi connectivity index (χ0v) is 23.0. The van der Waals surface area contributed by atoms with Gasteiger partial charge in [0.1, 0.15) is 11.9 Å². The molecule has 2 heterocycles. The van der Waals surface area contributed by atoms with Gasteiger partial charge in [-0.25, -0.2) is 9.37 Å². The van der Waals surface area contributed by atoms with Crippen molar-refractivity contribution in [1.29, 1.82) is 0 Å². The van der Waals surface area contributed by atoms with Gasteiger partial charge in [-0.05, 0) is 73.3 Å². The van der Waals surface area contributed by atoms with E-state index in [9.17, 15) is 14.4 Å². The number of benzene rings is 1. The zero-order valence-electron chi connectivity index (χ0n) is 23.0. The van der Waals surface area contributed by atoms with Gasteiger partial charge in [-0.3, -0.25) is 14.4 Å². The Morgan fingerprint density at radius 2 is 1.95 bits per heavy atom. The number of anilines is 1. The van der Waals surface area contributed by atoms with Crippen LogP contribution in [0.5, 0.6) is 5.88 Å². The fourth-order valence-electron chi connectivity index (χ4n) is 6.37. The topological polar surface area (TPSA) is 97.8 Å². The lowest BCUT2D eigenvalue weighted by molar-refractivity contribution is -0.151. The average molecular weight is 538 g/mol. The number of hydrogen-bond acceptors (Lipinski definition) is 6. The van der Waals surface area contributed by atoms with E-state index in [2.05, 4.69) is 10.3 Å². The SMILES string of the molecule is CCOC(=O)CC1CC(C(=O)N2CCc3nc(OC)ccc3C2C(=O)Nc2cc(F)c3c(c2)CCC3(C)C)C1. The molecular weight excluding hydrogens is 501 g/mol. The second kappa shape index (κ2) is 10.6. The maximum Gasteiger partial charge on any atom is 0.306 e. The molecule has 1 fully saturated rings. The van der Waals surface area contributed by atoms with Gasteiger partial charge in [-0.1, -0.05) is 13.8 Å². The Bertz CT molecular complexity index is 1300. The number of aryl methyl sites for hydroxylation is 1. The Morgan fingerprint density at radius 1 is 1.18 bits per heavy atom. The first-order valence-corrected chi connectivity index (χ1v) is 13.7. The fourth-order valence-corrected chi connectivity index (χ4v) is 6.37. The molecule has 1 atom stereocenters. The van der Waals surface area contributed by atoms with Crippen LogP contribution < -0.4 is 10.1 Å². The van der Waals surface area contributed by atoms with Gasteiger partial charge in [0.15, 0.2) is 0 Å². The smallest absolute Gasteiger partial charge is 0.306 e. The summed E-state index contributed by atoms with van der Waals surface area (Å²) in [7, 11) is 1.53. The number of rotatable bonds is 7. The van der Waals surface area contributed by atoms with E-state index in [1.54, 1.807) is 24.0 Å². The molecule has 1 aromatic carbocycles. The van der Waals surface area contributed by atoms with Crippen LogP contribution >= 0.6 is 0 Å². The van der Waals surface area contributed by atoms with Crippen LogP contribution in [-0.4, -0.2) is 47.9 Å². The molecule has 0 spiro atoms. The lowest BCUT2D eigenvalue weighted by Gasteiger charge is -2.42. The number of hydrogen-bond donors (Lipinski definition) is 1. The first kappa shape index (κ1) is 27.1. The van der Waals surface area contributed by atoms with E-state index < -0.39 is 11.9 Å². The van der Waals surface area contributed by atoms with Crippen molar-refractivity contribution in [2.24, 2.45) is 11.8 Å². The number of nitrogens with zero attached hydrogens (tertiary/aromatic N) is 2. The number of halogens is 1. The number of methoxy groups -OCH3 is 1. The third-order valence-electron chi connectivity index (χ3n) is 8.40. The van der Waals surface area contributed by atoms with Crippen LogP contribution in [0.15, 0.2) is 24.3 Å². The van der Waals surface area contributed by atoms with Crippen LogP contribution in [0.1, 0.15) is 74.9 Å². The summed E-state index contributed by atoms with van der Waals surface area (Å²) in [6.07, 6.45) is 3.56. The largest absolute Gasteiger partial charge is 0.481 e. The molecule has 39 heavy (non-hydrogen) atoms. The van der Waals surface area contributed by atoms with Crippen LogP contribution in [0.2, 0.25) is 0 Å². The van der Waals surface area contributed by atoms with Crippen molar-refractivity contribution in [3.05, 3.63) is 52.5 Å². The molecule has 2 aliphatic carbocycles. The van der Waals surface area contributed by atoms with Crippen molar-refractivity contribution in [2.75, 3.05) is 25.6 Å². The summed E-state index contributed by atoms with van der Waals surface area (Å²) >= 11 is 0. The number of aromatic nitrogens is 1. The Morgan fingerprint density at radius 3 is 2.67 bits per heavy atom. The molecule has 1 N–H and O–H groups in total. The van der Waals surface area contributed by atoms with Gasteiger partial charge in [0.25, 0.3) is 5.91 Å². The third-order valence-corrected chi connectivity index (χ3v) is 8.40. The van der Waals surface area contributed by atoms with E-state index in [1.165, 1.54) is 13.2 Å². The molecule has 9 heteroatoms. The van der Waals surface area contributed by atoms with Gasteiger partial charge < -0.3 is 19.7 Å². The molecule has 2 amide bonds. The fraction of sp³-hybridized carbons (Fsp3) is 0.533. The lowest BCUT2D eigenvalue weighted by Crippen LogP contribution is -2.50. The Kier molecular flexibility index (Phi) is 7.35. The highest BCUT2D eigenvalue weighted by Crippen LogP contribution is 2.43. The number of carbonyl (C=O) groups is 3. The van der Waals surface area contributed by atoms with E-state index in [-0.39, 0.29) is 34.9 Å². The van der Waals surface area contributed by atoms with Crippen LogP contribution in [0, 0.1) is 17.7 Å². The Balaban J connectivity index is 1.38. The molecule has 0 saturated heterocycles. The van der Waals surface area contributed by atoms with E-state index in [4.69, 9.17) is 9.47 Å². The molecule has 1 saturated carbocycles. The minimum absolute atomic E-state index is 0.104. The monoisotopic (exact) mass is 537 g/mol. The summed E-state index contributed by atoms with van der Waals surface area (Å²) in [4.78, 5) is 45.4. The highest BCUT2D eigenvalue weighted by atomic mass is 19.1. The van der Waals surface area contributed by atoms with E-state index in [0.29, 0.717) is 67.2 Å². The Hall–Kier alpha value is -3.49. The van der Waals surface area contributed by atoms with Gasteiger partial charge >= 0.3 is 5.97 Å². The summed E-state index contributed by atoms with van der Waals surface area (Å²) in [6, 6.07) is 5.78. The van der Waals surface area contributed by atoms with E-state index >= 15 is 4.39 Å². The number of ether oxygens (including phenoxy) is 2. The molecule has 8 nitrogen and oxygen atoms in total. The molecule has 0 radical (unpaired) electrons. The second-order valence-electron chi connectivity index (χ2n) is 11.5. The first-order chi connectivity index (χ1) is 18.6. The molecule has 1 unspecified atom stereocenters. The summed E-state index contributed by atoms with van der Waals surface area (Å²) in [5.74, 6) is -0.803.